The smallest absolute Gasteiger partial charge is 0.420 e. The lowest BCUT2D eigenvalue weighted by Gasteiger charge is -2.19. The number of ketones is 2. The molecular weight excluding hydrogens is 297 g/mol. The van der Waals surface area contributed by atoms with E-state index in [-0.39, 0.29) is 12.4 Å². The van der Waals surface area contributed by atoms with E-state index in [9.17, 15) is 23.6 Å². The van der Waals surface area contributed by atoms with Gasteiger partial charge in [-0.3, -0.25) is 14.4 Å². The Morgan fingerprint density at radius 3 is 2.59 bits per heavy atom. The molecule has 0 unspecified atom stereocenters. The molecule has 22 heavy (non-hydrogen) atoms. The monoisotopic (exact) mass is 315 g/mol. The minimum atomic E-state index is -1.15. The fraction of sp³-hybridized carbons (Fsp3) is 0.571. The number of amides is 2. The number of Topliss-reactive ketones (excluding diaryl/α,β-unsaturated/α-hetero) is 2. The molecule has 7 nitrogen and oxygen atoms in total. The molecular formula is C14H18FNO6. The number of unbranched alkanes of at least 4 members (excludes halogenated alkanes) is 3. The van der Waals surface area contributed by atoms with E-state index < -0.39 is 36.6 Å². The molecule has 1 N–H and O–H groups in total. The van der Waals surface area contributed by atoms with Crippen molar-refractivity contribution >= 4 is 23.6 Å². The van der Waals surface area contributed by atoms with Crippen molar-refractivity contribution in [2.75, 3.05) is 13.2 Å². The molecule has 0 aromatic carbocycles. The average Bonchev–Trinajstić information content (AvgIpc) is 2.49. The van der Waals surface area contributed by atoms with Gasteiger partial charge in [0.25, 0.3) is 0 Å². The van der Waals surface area contributed by atoms with Gasteiger partial charge in [-0.15, -0.1) is 0 Å². The second-order valence-corrected chi connectivity index (χ2v) is 4.82. The molecule has 8 heteroatoms. The average molecular weight is 315 g/mol. The molecule has 0 atom stereocenters. The number of carbonyl (C=O) groups excluding carboxylic acids is 4. The van der Waals surface area contributed by atoms with E-state index in [1.807, 2.05) is 0 Å². The Labute approximate surface area is 126 Å². The van der Waals surface area contributed by atoms with Crippen molar-refractivity contribution in [2.45, 2.75) is 38.5 Å². The predicted octanol–water partition coefficient (Wildman–Crippen LogP) is 1.25. The molecule has 0 aromatic rings. The molecule has 0 aromatic heterocycles. The van der Waals surface area contributed by atoms with Crippen molar-refractivity contribution in [3.8, 4) is 0 Å². The summed E-state index contributed by atoms with van der Waals surface area (Å²) in [5.74, 6) is -3.13. The maximum atomic E-state index is 13.0. The van der Waals surface area contributed by atoms with Gasteiger partial charge in [0.2, 0.25) is 11.7 Å². The first-order valence-electron chi connectivity index (χ1n) is 6.97. The third kappa shape index (κ3) is 5.72. The summed E-state index contributed by atoms with van der Waals surface area (Å²) in [6, 6.07) is 0. The van der Waals surface area contributed by atoms with E-state index in [0.717, 1.165) is 6.42 Å². The van der Waals surface area contributed by atoms with E-state index in [1.54, 1.807) is 0 Å². The Morgan fingerprint density at radius 1 is 1.23 bits per heavy atom. The summed E-state index contributed by atoms with van der Waals surface area (Å²) in [4.78, 5) is 45.2. The van der Waals surface area contributed by atoms with Gasteiger partial charge in [0.1, 0.15) is 6.61 Å². The number of ether oxygens (including phenoxy) is 1. The molecule has 0 saturated heterocycles. The van der Waals surface area contributed by atoms with Gasteiger partial charge in [0.05, 0.1) is 19.2 Å². The van der Waals surface area contributed by atoms with Crippen LogP contribution in [0.2, 0.25) is 0 Å². The quantitative estimate of drug-likeness (QED) is 0.534. The van der Waals surface area contributed by atoms with Crippen LogP contribution in [0.5, 0.6) is 0 Å². The first-order chi connectivity index (χ1) is 10.5. The zero-order valence-electron chi connectivity index (χ0n) is 12.0. The third-order valence-electron chi connectivity index (χ3n) is 3.04. The Bertz CT molecular complexity index is 488. The number of imide groups is 1. The number of allylic oxidation sites excluding steroid dienone is 1. The highest BCUT2D eigenvalue weighted by Crippen LogP contribution is 2.15. The van der Waals surface area contributed by atoms with Crippen LogP contribution in [0.15, 0.2) is 12.0 Å². The van der Waals surface area contributed by atoms with Crippen LogP contribution in [0.1, 0.15) is 38.5 Å². The lowest BCUT2D eigenvalue weighted by atomic mass is 10.1. The molecule has 0 aliphatic carbocycles. The molecule has 1 aliphatic rings. The number of carbonyl (C=O) groups is 4. The van der Waals surface area contributed by atoms with Gasteiger partial charge in [-0.2, -0.15) is 0 Å². The fourth-order valence-electron chi connectivity index (χ4n) is 1.80. The van der Waals surface area contributed by atoms with Gasteiger partial charge in [0.15, 0.2) is 11.6 Å². The standard InChI is InChI=1S/C14H18FNO6/c15-11-8-16(13(20)7-12(11)19)14(21)22-6-4-2-1-3-5-10(18)9-17/h8,17H,1-7,9H2. The second-order valence-electron chi connectivity index (χ2n) is 4.82. The van der Waals surface area contributed by atoms with Crippen LogP contribution in [-0.2, 0) is 19.1 Å². The number of hydrogen-bond acceptors (Lipinski definition) is 6. The summed E-state index contributed by atoms with van der Waals surface area (Å²) in [5.41, 5.74) is 0. The molecule has 2 amide bonds. The lowest BCUT2D eigenvalue weighted by Crippen LogP contribution is -2.37. The van der Waals surface area contributed by atoms with Crippen molar-refractivity contribution in [3.63, 3.8) is 0 Å². The number of rotatable bonds is 8. The SMILES string of the molecule is O=C(CO)CCCCCCOC(=O)N1C=C(F)C(=O)CC1=O. The largest absolute Gasteiger partial charge is 0.449 e. The molecule has 1 aliphatic heterocycles. The van der Waals surface area contributed by atoms with E-state index in [1.165, 1.54) is 0 Å². The van der Waals surface area contributed by atoms with Crippen LogP contribution in [0.4, 0.5) is 9.18 Å². The summed E-state index contributed by atoms with van der Waals surface area (Å²) in [7, 11) is 0. The summed E-state index contributed by atoms with van der Waals surface area (Å²) < 4.78 is 17.9. The van der Waals surface area contributed by atoms with E-state index >= 15 is 0 Å². The van der Waals surface area contributed by atoms with Gasteiger partial charge in [-0.1, -0.05) is 12.8 Å². The van der Waals surface area contributed by atoms with Gasteiger partial charge in [-0.25, -0.2) is 14.1 Å². The zero-order chi connectivity index (χ0) is 16.5. The van der Waals surface area contributed by atoms with Crippen molar-refractivity contribution in [1.29, 1.82) is 0 Å². The van der Waals surface area contributed by atoms with E-state index in [2.05, 4.69) is 0 Å². The number of aliphatic hydroxyl groups excluding tert-OH is 1. The van der Waals surface area contributed by atoms with Crippen LogP contribution in [0.25, 0.3) is 0 Å². The minimum Gasteiger partial charge on any atom is -0.449 e. The molecule has 1 rings (SSSR count). The van der Waals surface area contributed by atoms with Crippen LogP contribution in [-0.4, -0.2) is 46.8 Å². The zero-order valence-corrected chi connectivity index (χ0v) is 12.0. The number of nitrogens with zero attached hydrogens (tertiary/aromatic N) is 1. The molecule has 0 spiro atoms. The third-order valence-corrected chi connectivity index (χ3v) is 3.04. The summed E-state index contributed by atoms with van der Waals surface area (Å²) in [6.45, 7) is -0.395. The first-order valence-corrected chi connectivity index (χ1v) is 6.97. The van der Waals surface area contributed by atoms with Crippen molar-refractivity contribution < 1.29 is 33.4 Å². The summed E-state index contributed by atoms with van der Waals surface area (Å²) >= 11 is 0. The van der Waals surface area contributed by atoms with E-state index in [0.29, 0.717) is 36.8 Å². The van der Waals surface area contributed by atoms with Gasteiger partial charge in [0, 0.05) is 6.42 Å². The molecule has 0 saturated carbocycles. The maximum Gasteiger partial charge on any atom is 0.420 e. The Morgan fingerprint density at radius 2 is 1.91 bits per heavy atom. The minimum absolute atomic E-state index is 0.0555. The number of hydrogen-bond donors (Lipinski definition) is 1. The highest BCUT2D eigenvalue weighted by Gasteiger charge is 2.30. The van der Waals surface area contributed by atoms with Crippen molar-refractivity contribution in [2.24, 2.45) is 0 Å². The highest BCUT2D eigenvalue weighted by atomic mass is 19.1. The predicted molar refractivity (Wildman–Crippen MR) is 72.2 cm³/mol. The molecule has 0 bridgehead atoms. The molecule has 122 valence electrons. The van der Waals surface area contributed by atoms with E-state index in [4.69, 9.17) is 9.84 Å². The van der Waals surface area contributed by atoms with Crippen LogP contribution >= 0.6 is 0 Å². The van der Waals surface area contributed by atoms with Crippen molar-refractivity contribution in [3.05, 3.63) is 12.0 Å². The normalized spacial score (nSPS) is 14.8. The number of aliphatic hydroxyl groups is 1. The van der Waals surface area contributed by atoms with Crippen LogP contribution in [0.3, 0.4) is 0 Å². The highest BCUT2D eigenvalue weighted by molar-refractivity contribution is 6.12. The summed E-state index contributed by atoms with van der Waals surface area (Å²) in [6.07, 6.45) is 1.80. The van der Waals surface area contributed by atoms with Crippen LogP contribution in [0, 0.1) is 0 Å². The van der Waals surface area contributed by atoms with Gasteiger partial charge < -0.3 is 9.84 Å². The summed E-state index contributed by atoms with van der Waals surface area (Å²) in [5, 5.41) is 8.53. The van der Waals surface area contributed by atoms with Gasteiger partial charge >= 0.3 is 6.09 Å². The topological polar surface area (TPSA) is 101 Å². The Balaban J connectivity index is 2.20. The molecule has 1 heterocycles. The fourth-order valence-corrected chi connectivity index (χ4v) is 1.80. The molecule has 0 radical (unpaired) electrons. The van der Waals surface area contributed by atoms with Crippen LogP contribution < -0.4 is 0 Å². The van der Waals surface area contributed by atoms with Crippen molar-refractivity contribution in [1.82, 2.24) is 4.90 Å². The first kappa shape index (κ1) is 18.0. The second kappa shape index (κ2) is 9.04. The Hall–Kier alpha value is -2.09. The Kier molecular flexibility index (Phi) is 7.38. The van der Waals surface area contributed by atoms with Gasteiger partial charge in [-0.05, 0) is 12.8 Å². The lowest BCUT2D eigenvalue weighted by molar-refractivity contribution is -0.133. The number of halogens is 1. The maximum absolute atomic E-state index is 13.0. The molecule has 0 fully saturated rings.